The molecule has 32 heavy (non-hydrogen) atoms. The number of fused-ring (bicyclic) bond motifs is 3. The maximum Gasteiger partial charge on any atom is 0.235 e. The average molecular weight is 443 g/mol. The van der Waals surface area contributed by atoms with Crippen molar-refractivity contribution < 1.29 is 34.2 Å². The van der Waals surface area contributed by atoms with Gasteiger partial charge in [0.1, 0.15) is 5.75 Å². The first-order chi connectivity index (χ1) is 15.0. The third kappa shape index (κ3) is 2.73. The zero-order valence-corrected chi connectivity index (χ0v) is 17.7. The maximum atomic E-state index is 13.6. The molecule has 3 aliphatic carbocycles. The number of nitrogens with two attached hydrogens (primary N) is 2. The van der Waals surface area contributed by atoms with Gasteiger partial charge >= 0.3 is 0 Å². The van der Waals surface area contributed by atoms with Crippen LogP contribution in [0.3, 0.4) is 0 Å². The lowest BCUT2D eigenvalue weighted by molar-refractivity contribution is -0.181. The number of aromatic hydroxyl groups is 1. The number of phenolic OH excluding ortho intramolecular Hbond substituents is 1. The Balaban J connectivity index is 1.88. The molecule has 6 atom stereocenters. The number of likely N-dealkylation sites (N-methyl/N-ethyl adjacent to an activating group) is 1. The number of hydrogen-bond acceptors (Lipinski definition) is 9. The van der Waals surface area contributed by atoms with Crippen LogP contribution in [0.4, 0.5) is 0 Å². The van der Waals surface area contributed by atoms with Crippen molar-refractivity contribution in [3.8, 4) is 5.75 Å². The molecule has 1 amide bonds. The van der Waals surface area contributed by atoms with E-state index in [4.69, 9.17) is 11.5 Å². The lowest BCUT2D eigenvalue weighted by Crippen LogP contribution is -2.74. The largest absolute Gasteiger partial charge is 0.507 e. The molecule has 4 unspecified atom stereocenters. The quantitative estimate of drug-likeness (QED) is 0.397. The van der Waals surface area contributed by atoms with E-state index in [0.717, 1.165) is 0 Å². The minimum Gasteiger partial charge on any atom is -0.507 e. The zero-order chi connectivity index (χ0) is 23.7. The van der Waals surface area contributed by atoms with E-state index < -0.39 is 64.4 Å². The molecule has 0 heterocycles. The van der Waals surface area contributed by atoms with Gasteiger partial charge in [-0.1, -0.05) is 6.07 Å². The highest BCUT2D eigenvalue weighted by Crippen LogP contribution is 2.50. The van der Waals surface area contributed by atoms with Crippen molar-refractivity contribution >= 4 is 29.0 Å². The van der Waals surface area contributed by atoms with Crippen molar-refractivity contribution in [3.63, 3.8) is 0 Å². The number of ketones is 4. The predicted octanol–water partition coefficient (Wildman–Crippen LogP) is -1.67. The van der Waals surface area contributed by atoms with Gasteiger partial charge in [-0.3, -0.25) is 28.9 Å². The van der Waals surface area contributed by atoms with Crippen molar-refractivity contribution in [3.05, 3.63) is 28.8 Å². The molecule has 2 fully saturated rings. The Morgan fingerprint density at radius 1 is 1.19 bits per heavy atom. The first-order valence-electron chi connectivity index (χ1n) is 10.3. The summed E-state index contributed by atoms with van der Waals surface area (Å²) in [5.74, 6) is -10.5. The van der Waals surface area contributed by atoms with E-state index in [0.29, 0.717) is 11.1 Å². The minimum atomic E-state index is -2.71. The summed E-state index contributed by atoms with van der Waals surface area (Å²) in [5, 5.41) is 21.8. The van der Waals surface area contributed by atoms with Gasteiger partial charge in [-0.25, -0.2) is 0 Å². The summed E-state index contributed by atoms with van der Waals surface area (Å²) >= 11 is 0. The molecule has 1 aromatic rings. The summed E-state index contributed by atoms with van der Waals surface area (Å²) in [6, 6.07) is 1.81. The Morgan fingerprint density at radius 2 is 1.84 bits per heavy atom. The number of rotatable bonds is 3. The van der Waals surface area contributed by atoms with Crippen LogP contribution in [0.25, 0.3) is 0 Å². The molecular weight excluding hydrogens is 418 g/mol. The van der Waals surface area contributed by atoms with E-state index in [2.05, 4.69) is 0 Å². The van der Waals surface area contributed by atoms with Gasteiger partial charge in [-0.2, -0.15) is 0 Å². The third-order valence-corrected chi connectivity index (χ3v) is 7.26. The summed E-state index contributed by atoms with van der Waals surface area (Å²) in [5.41, 5.74) is 9.49. The molecule has 0 aliphatic heterocycles. The number of aliphatic hydroxyl groups is 1. The molecule has 170 valence electrons. The second-order valence-corrected chi connectivity index (χ2v) is 9.09. The molecule has 1 aromatic carbocycles. The molecule has 0 saturated heterocycles. The average Bonchev–Trinajstić information content (AvgIpc) is 2.70. The van der Waals surface area contributed by atoms with Crippen LogP contribution in [0.5, 0.6) is 5.75 Å². The van der Waals surface area contributed by atoms with Crippen LogP contribution in [0.2, 0.25) is 0 Å². The summed E-state index contributed by atoms with van der Waals surface area (Å²) in [7, 11) is 3.08. The van der Waals surface area contributed by atoms with Crippen molar-refractivity contribution in [2.75, 3.05) is 14.1 Å². The van der Waals surface area contributed by atoms with Gasteiger partial charge < -0.3 is 21.7 Å². The fourth-order valence-corrected chi connectivity index (χ4v) is 5.86. The fraction of sp³-hybridized carbons (Fsp3) is 0.500. The van der Waals surface area contributed by atoms with Gasteiger partial charge in [0.25, 0.3) is 0 Å². The summed E-state index contributed by atoms with van der Waals surface area (Å²) in [6.45, 7) is 0.117. The van der Waals surface area contributed by atoms with E-state index >= 15 is 0 Å². The second kappa shape index (κ2) is 7.29. The summed E-state index contributed by atoms with van der Waals surface area (Å²) < 4.78 is 0. The highest BCUT2D eigenvalue weighted by molar-refractivity contribution is 6.32. The van der Waals surface area contributed by atoms with Crippen LogP contribution in [-0.4, -0.2) is 69.9 Å². The second-order valence-electron chi connectivity index (χ2n) is 9.09. The van der Waals surface area contributed by atoms with E-state index in [1.807, 2.05) is 0 Å². The molecule has 6 N–H and O–H groups in total. The van der Waals surface area contributed by atoms with Gasteiger partial charge in [0.2, 0.25) is 5.91 Å². The fourth-order valence-electron chi connectivity index (χ4n) is 5.86. The van der Waals surface area contributed by atoms with Crippen LogP contribution in [0, 0.1) is 23.7 Å². The highest BCUT2D eigenvalue weighted by atomic mass is 16.3. The van der Waals surface area contributed by atoms with Gasteiger partial charge in [-0.15, -0.1) is 0 Å². The number of amides is 1. The van der Waals surface area contributed by atoms with Crippen LogP contribution in [-0.2, 0) is 32.1 Å². The molecule has 3 aliphatic rings. The Labute approximate surface area is 183 Å². The molecule has 2 saturated carbocycles. The Kier molecular flexibility index (Phi) is 5.07. The highest BCUT2D eigenvalue weighted by Gasteiger charge is 2.69. The van der Waals surface area contributed by atoms with E-state index in [1.165, 1.54) is 11.0 Å². The number of carbonyl (C=O) groups is 5. The minimum absolute atomic E-state index is 0.0174. The molecule has 0 aromatic heterocycles. The number of hydrogen-bond donors (Lipinski definition) is 4. The van der Waals surface area contributed by atoms with Crippen molar-refractivity contribution in [2.45, 2.75) is 31.0 Å². The van der Waals surface area contributed by atoms with Crippen molar-refractivity contribution in [2.24, 2.45) is 35.1 Å². The SMILES string of the molecule is CN(C)[C@@H]1C(=O)C(C(N)=O)C(=O)[C@@]2(O)C(=O)C3C(=O)c4c(O)ccc(CN)c4CC3CC12. The van der Waals surface area contributed by atoms with Gasteiger partial charge in [-0.05, 0) is 50.0 Å². The lowest BCUT2D eigenvalue weighted by Gasteiger charge is -2.52. The molecule has 10 heteroatoms. The number of benzene rings is 1. The zero-order valence-electron chi connectivity index (χ0n) is 17.7. The van der Waals surface area contributed by atoms with Crippen LogP contribution in [0.1, 0.15) is 27.9 Å². The molecule has 0 spiro atoms. The lowest BCUT2D eigenvalue weighted by atomic mass is 9.52. The Hall–Kier alpha value is -2.95. The van der Waals surface area contributed by atoms with Gasteiger partial charge in [0.15, 0.2) is 34.7 Å². The summed E-state index contributed by atoms with van der Waals surface area (Å²) in [6.07, 6.45) is 0.232. The first-order valence-corrected chi connectivity index (χ1v) is 10.3. The van der Waals surface area contributed by atoms with Crippen LogP contribution < -0.4 is 11.5 Å². The van der Waals surface area contributed by atoms with Crippen LogP contribution in [0.15, 0.2) is 12.1 Å². The van der Waals surface area contributed by atoms with Crippen molar-refractivity contribution in [1.29, 1.82) is 0 Å². The monoisotopic (exact) mass is 443 g/mol. The molecule has 10 nitrogen and oxygen atoms in total. The predicted molar refractivity (Wildman–Crippen MR) is 109 cm³/mol. The topological polar surface area (TPSA) is 181 Å². The van der Waals surface area contributed by atoms with Gasteiger partial charge in [0, 0.05) is 12.5 Å². The Morgan fingerprint density at radius 3 is 2.41 bits per heavy atom. The maximum absolute atomic E-state index is 13.6. The smallest absolute Gasteiger partial charge is 0.235 e. The number of Topliss-reactive ketones (excluding diaryl/α,β-unsaturated/α-hetero) is 4. The van der Waals surface area contributed by atoms with Crippen molar-refractivity contribution in [1.82, 2.24) is 4.90 Å². The van der Waals surface area contributed by atoms with Crippen LogP contribution >= 0.6 is 0 Å². The number of nitrogens with zero attached hydrogens (tertiary/aromatic N) is 1. The number of carbonyl (C=O) groups excluding carboxylic acids is 5. The molecule has 0 radical (unpaired) electrons. The summed E-state index contributed by atoms with van der Waals surface area (Å²) in [4.78, 5) is 66.4. The van der Waals surface area contributed by atoms with E-state index in [1.54, 1.807) is 20.2 Å². The normalized spacial score (nSPS) is 34.2. The first kappa shape index (κ1) is 22.3. The van der Waals surface area contributed by atoms with Gasteiger partial charge in [0.05, 0.1) is 17.5 Å². The van der Waals surface area contributed by atoms with E-state index in [-0.39, 0.29) is 30.7 Å². The third-order valence-electron chi connectivity index (χ3n) is 7.26. The Bertz CT molecular complexity index is 1080. The van der Waals surface area contributed by atoms with E-state index in [9.17, 15) is 34.2 Å². The molecular formula is C22H25N3O7. The standard InChI is InChI=1S/C22H25N3O7/c1-25(2)16-11-6-9-5-10-8(7-23)3-4-12(26)14(10)17(27)13(9)19(29)22(11,32)20(30)15(18(16)28)21(24)31/h3-4,9,11,13,15-16,26,32H,5-7,23H2,1-2H3,(H2,24,31)/t9?,11?,13?,15?,16-,22-/m0/s1. The molecule has 4 rings (SSSR count). The number of primary amides is 1. The molecule has 0 bridgehead atoms. The number of phenols is 1.